The van der Waals surface area contributed by atoms with Gasteiger partial charge < -0.3 is 30.7 Å². The molecule has 2 aliphatic heterocycles. The standard InChI is InChI=1S/C32H44N4O7S/c1-30(2,3)43-29(39)36-31(4,5)28(38)35-23(20-42-19-21-11-8-7-9-12-21)26(37)27-32(15-17-33-18-16-32)25-22(34-27)13-10-14-24(25)44(6,40)41/h7-14,23,27,33-34H,15-20H2,1-6H3,(H,35,38)(H,36,39)/t23-,27?/m1/s1. The van der Waals surface area contributed by atoms with E-state index in [0.29, 0.717) is 37.2 Å². The fourth-order valence-corrected chi connectivity index (χ4v) is 6.90. The minimum absolute atomic E-state index is 0.135. The molecule has 44 heavy (non-hydrogen) atoms. The van der Waals surface area contributed by atoms with E-state index in [2.05, 4.69) is 21.3 Å². The summed E-state index contributed by atoms with van der Waals surface area (Å²) in [4.78, 5) is 40.8. The van der Waals surface area contributed by atoms with E-state index < -0.39 is 50.5 Å². The molecule has 1 unspecified atom stereocenters. The first kappa shape index (κ1) is 33.4. The summed E-state index contributed by atoms with van der Waals surface area (Å²) in [7, 11) is -3.60. The van der Waals surface area contributed by atoms with Crippen LogP contribution in [0.4, 0.5) is 10.5 Å². The lowest BCUT2D eigenvalue weighted by Gasteiger charge is -2.40. The molecule has 4 rings (SSSR count). The number of hydrogen-bond acceptors (Lipinski definition) is 9. The van der Waals surface area contributed by atoms with Crippen molar-refractivity contribution in [2.45, 2.75) is 87.6 Å². The van der Waals surface area contributed by atoms with Gasteiger partial charge in [0, 0.05) is 22.9 Å². The number of amides is 2. The van der Waals surface area contributed by atoms with Crippen molar-refractivity contribution >= 4 is 33.3 Å². The average molecular weight is 629 g/mol. The van der Waals surface area contributed by atoms with Gasteiger partial charge in [0.2, 0.25) is 5.91 Å². The second kappa shape index (κ2) is 12.9. The van der Waals surface area contributed by atoms with Gasteiger partial charge in [0.25, 0.3) is 0 Å². The van der Waals surface area contributed by atoms with Crippen LogP contribution in [-0.2, 0) is 40.9 Å². The molecule has 4 N–H and O–H groups in total. The molecule has 240 valence electrons. The molecule has 2 atom stereocenters. The number of carbonyl (C=O) groups is 3. The van der Waals surface area contributed by atoms with Gasteiger partial charge in [-0.15, -0.1) is 0 Å². The minimum Gasteiger partial charge on any atom is -0.444 e. The Morgan fingerprint density at radius 2 is 1.66 bits per heavy atom. The Morgan fingerprint density at radius 1 is 1.00 bits per heavy atom. The van der Waals surface area contributed by atoms with E-state index in [0.717, 1.165) is 5.56 Å². The zero-order chi connectivity index (χ0) is 32.3. The predicted octanol–water partition coefficient (Wildman–Crippen LogP) is 3.08. The van der Waals surface area contributed by atoms with E-state index >= 15 is 0 Å². The van der Waals surface area contributed by atoms with Gasteiger partial charge in [-0.3, -0.25) is 9.59 Å². The van der Waals surface area contributed by atoms with Gasteiger partial charge in [0.1, 0.15) is 17.2 Å². The highest BCUT2D eigenvalue weighted by atomic mass is 32.2. The summed E-state index contributed by atoms with van der Waals surface area (Å²) in [6.07, 6.45) is 1.45. The summed E-state index contributed by atoms with van der Waals surface area (Å²) in [5, 5.41) is 12.1. The van der Waals surface area contributed by atoms with Crippen LogP contribution in [0.2, 0.25) is 0 Å². The van der Waals surface area contributed by atoms with Gasteiger partial charge in [0.15, 0.2) is 15.6 Å². The van der Waals surface area contributed by atoms with E-state index in [4.69, 9.17) is 9.47 Å². The van der Waals surface area contributed by atoms with E-state index in [9.17, 15) is 22.8 Å². The zero-order valence-corrected chi connectivity index (χ0v) is 27.1. The van der Waals surface area contributed by atoms with Crippen molar-refractivity contribution in [3.05, 3.63) is 59.7 Å². The van der Waals surface area contributed by atoms with Crippen LogP contribution in [0.5, 0.6) is 0 Å². The third-order valence-electron chi connectivity index (χ3n) is 7.98. The topological polar surface area (TPSA) is 152 Å². The summed E-state index contributed by atoms with van der Waals surface area (Å²) in [6.45, 7) is 9.47. The Bertz CT molecular complexity index is 1480. The molecular weight excluding hydrogens is 584 g/mol. The largest absolute Gasteiger partial charge is 0.444 e. The van der Waals surface area contributed by atoms with Crippen LogP contribution < -0.4 is 21.3 Å². The molecule has 11 nitrogen and oxygen atoms in total. The van der Waals surface area contributed by atoms with Crippen LogP contribution in [0.25, 0.3) is 0 Å². The van der Waals surface area contributed by atoms with Crippen molar-refractivity contribution in [3.63, 3.8) is 0 Å². The normalized spacial score (nSPS) is 18.5. The van der Waals surface area contributed by atoms with Gasteiger partial charge in [-0.25, -0.2) is 13.2 Å². The lowest BCUT2D eigenvalue weighted by atomic mass is 9.68. The number of piperidine rings is 1. The lowest BCUT2D eigenvalue weighted by molar-refractivity contribution is -0.133. The fraction of sp³-hybridized carbons (Fsp3) is 0.531. The van der Waals surface area contributed by atoms with Crippen LogP contribution in [0.1, 0.15) is 58.6 Å². The number of carbonyl (C=O) groups excluding carboxylic acids is 3. The lowest BCUT2D eigenvalue weighted by Crippen LogP contribution is -2.62. The van der Waals surface area contributed by atoms with E-state index in [-0.39, 0.29) is 23.9 Å². The van der Waals surface area contributed by atoms with Crippen molar-refractivity contribution in [1.29, 1.82) is 0 Å². The number of hydrogen-bond donors (Lipinski definition) is 4. The Labute approximate surface area is 259 Å². The Balaban J connectivity index is 1.64. The molecule has 12 heteroatoms. The third-order valence-corrected chi connectivity index (χ3v) is 9.12. The SMILES string of the molecule is CC(C)(C)OC(=O)NC(C)(C)C(=O)N[C@H](COCc1ccccc1)C(=O)C1Nc2cccc(S(C)(=O)=O)c2C12CCNCC2. The quantitative estimate of drug-likeness (QED) is 0.311. The average Bonchev–Trinajstić information content (AvgIpc) is 3.24. The van der Waals surface area contributed by atoms with Crippen molar-refractivity contribution in [2.24, 2.45) is 0 Å². The van der Waals surface area contributed by atoms with Gasteiger partial charge in [0.05, 0.1) is 24.2 Å². The van der Waals surface area contributed by atoms with E-state index in [1.165, 1.54) is 20.1 Å². The molecule has 2 heterocycles. The molecule has 1 spiro atoms. The van der Waals surface area contributed by atoms with Crippen LogP contribution in [0.3, 0.4) is 0 Å². The monoisotopic (exact) mass is 628 g/mol. The fourth-order valence-electron chi connectivity index (χ4n) is 5.89. The first-order valence-electron chi connectivity index (χ1n) is 14.8. The molecule has 2 aromatic carbocycles. The number of sulfone groups is 1. The smallest absolute Gasteiger partial charge is 0.408 e. The number of fused-ring (bicyclic) bond motifs is 2. The Hall–Kier alpha value is -3.48. The molecule has 2 aromatic rings. The number of ketones is 1. The van der Waals surface area contributed by atoms with Gasteiger partial charge >= 0.3 is 6.09 Å². The van der Waals surface area contributed by atoms with Gasteiger partial charge in [-0.2, -0.15) is 0 Å². The second-order valence-electron chi connectivity index (χ2n) is 13.1. The molecule has 0 radical (unpaired) electrons. The van der Waals surface area contributed by atoms with E-state index in [1.807, 2.05) is 30.3 Å². The van der Waals surface area contributed by atoms with Crippen LogP contribution in [0, 0.1) is 0 Å². The maximum atomic E-state index is 14.5. The van der Waals surface area contributed by atoms with Crippen molar-refractivity contribution in [2.75, 3.05) is 31.3 Å². The van der Waals surface area contributed by atoms with Crippen LogP contribution >= 0.6 is 0 Å². The summed E-state index contributed by atoms with van der Waals surface area (Å²) in [5.41, 5.74) is -0.903. The highest BCUT2D eigenvalue weighted by Crippen LogP contribution is 2.50. The van der Waals surface area contributed by atoms with E-state index in [1.54, 1.807) is 39.0 Å². The molecule has 2 amide bonds. The molecule has 1 saturated heterocycles. The number of anilines is 1. The Kier molecular flexibility index (Phi) is 9.77. The number of alkyl carbamates (subject to hydrolysis) is 1. The number of benzene rings is 2. The number of Topliss-reactive ketones (excluding diaryl/α,β-unsaturated/α-hetero) is 1. The highest BCUT2D eigenvalue weighted by Gasteiger charge is 2.54. The summed E-state index contributed by atoms with van der Waals surface area (Å²) in [5.74, 6) is -0.936. The van der Waals surface area contributed by atoms with Crippen molar-refractivity contribution < 1.29 is 32.3 Å². The summed E-state index contributed by atoms with van der Waals surface area (Å²) in [6, 6.07) is 12.6. The van der Waals surface area contributed by atoms with Crippen LogP contribution in [0.15, 0.2) is 53.4 Å². The third kappa shape index (κ3) is 7.59. The predicted molar refractivity (Wildman–Crippen MR) is 167 cm³/mol. The molecule has 0 bridgehead atoms. The Morgan fingerprint density at radius 3 is 2.27 bits per heavy atom. The second-order valence-corrected chi connectivity index (χ2v) is 15.1. The summed E-state index contributed by atoms with van der Waals surface area (Å²) >= 11 is 0. The maximum Gasteiger partial charge on any atom is 0.408 e. The highest BCUT2D eigenvalue weighted by molar-refractivity contribution is 7.90. The molecular formula is C32H44N4O7S. The van der Waals surface area contributed by atoms with Gasteiger partial charge in [-0.1, -0.05) is 36.4 Å². The minimum atomic E-state index is -3.60. The molecule has 0 saturated carbocycles. The number of rotatable bonds is 10. The van der Waals surface area contributed by atoms with Gasteiger partial charge in [-0.05, 0) is 78.2 Å². The number of nitrogens with one attached hydrogen (secondary N) is 4. The molecule has 1 fully saturated rings. The first-order valence-corrected chi connectivity index (χ1v) is 16.7. The number of ether oxygens (including phenoxy) is 2. The molecule has 0 aliphatic carbocycles. The van der Waals surface area contributed by atoms with Crippen molar-refractivity contribution in [1.82, 2.24) is 16.0 Å². The van der Waals surface area contributed by atoms with Crippen molar-refractivity contribution in [3.8, 4) is 0 Å². The maximum absolute atomic E-state index is 14.5. The first-order chi connectivity index (χ1) is 20.5. The summed E-state index contributed by atoms with van der Waals surface area (Å²) < 4.78 is 37.1. The molecule has 0 aromatic heterocycles. The van der Waals surface area contributed by atoms with Crippen LogP contribution in [-0.4, -0.2) is 75.4 Å². The molecule has 2 aliphatic rings. The zero-order valence-electron chi connectivity index (χ0n) is 26.3.